The van der Waals surface area contributed by atoms with E-state index in [4.69, 9.17) is 56.9 Å². The molecule has 4 aliphatic rings. The van der Waals surface area contributed by atoms with E-state index in [1.165, 1.54) is 28.3 Å². The molecule has 4 N–H and O–H groups in total. The maximum absolute atomic E-state index is 16.0. The molecule has 488 valence electrons. The third kappa shape index (κ3) is 18.7. The smallest absolute Gasteiger partial charge is 0.408 e. The predicted octanol–water partition coefficient (Wildman–Crippen LogP) is 7.15. The van der Waals surface area contributed by atoms with E-state index in [9.17, 15) is 19.8 Å². The van der Waals surface area contributed by atoms with Gasteiger partial charge in [-0.3, -0.25) is 19.4 Å². The molecule has 23 heteroatoms. The molecule has 6 rings (SSSR count). The first-order valence-corrected chi connectivity index (χ1v) is 30.7. The molecule has 0 spiro atoms. The lowest BCUT2D eigenvalue weighted by Crippen LogP contribution is -2.59. The number of methoxy groups -OCH3 is 2. The molecule has 2 unspecified atom stereocenters. The summed E-state index contributed by atoms with van der Waals surface area (Å²) in [6.07, 6.45) is -11.0. The molecule has 1 amide bonds. The van der Waals surface area contributed by atoms with E-state index >= 15 is 9.59 Å². The standard InChI is InChI=1S/C64H99N5O18/c1-34(2)27-49(70)83-55-41(9)54(36(4)33-79-62-58(77-16)57(76-15)51(71)45(13)82-62)85-60(74)43(11)56(84-50-28-37(5)69(32-39(7)80-50)67-44(12)47-23-25-65-26-24-47)40(8)53(86-61-52(72)48(68-78-17)29-38(6)81-61)35(3)30-64(14,59(73)42(55)10)87-63(75)66-31-46-21-19-18-20-22-46/h18-26,34-43,45,50-58,61-62,67,71-72H,12,27-33H2,1-11,13-17H3,(H,66,75)/t35-,36-,37-,38+,39?,40+,41-,42+,43+,45+,50-,51+,52+,53-,54?,55+,56-,57+,58+,61-,62+,64-/m0/s1. The van der Waals surface area contributed by atoms with Gasteiger partial charge in [0.25, 0.3) is 0 Å². The molecule has 4 fully saturated rings. The number of amides is 1. The maximum Gasteiger partial charge on any atom is 0.408 e. The fourth-order valence-electron chi connectivity index (χ4n) is 12.5. The highest BCUT2D eigenvalue weighted by atomic mass is 16.7. The molecule has 0 aliphatic carbocycles. The van der Waals surface area contributed by atoms with Gasteiger partial charge in [0.2, 0.25) is 0 Å². The van der Waals surface area contributed by atoms with Crippen molar-refractivity contribution in [3.63, 3.8) is 0 Å². The summed E-state index contributed by atoms with van der Waals surface area (Å²) in [5.74, 6) is -7.71. The van der Waals surface area contributed by atoms with Crippen LogP contribution in [-0.2, 0) is 77.9 Å². The second-order valence-corrected chi connectivity index (χ2v) is 25.0. The van der Waals surface area contributed by atoms with Crippen LogP contribution in [0.1, 0.15) is 127 Å². The minimum absolute atomic E-state index is 0.00662. The Morgan fingerprint density at radius 1 is 0.828 bits per heavy atom. The van der Waals surface area contributed by atoms with Gasteiger partial charge in [-0.2, -0.15) is 0 Å². The van der Waals surface area contributed by atoms with Crippen LogP contribution >= 0.6 is 0 Å². The Morgan fingerprint density at radius 3 is 2.15 bits per heavy atom. The van der Waals surface area contributed by atoms with Crippen molar-refractivity contribution in [2.45, 2.75) is 220 Å². The third-order valence-electron chi connectivity index (χ3n) is 17.2. The number of nitrogens with zero attached hydrogens (tertiary/aromatic N) is 3. The summed E-state index contributed by atoms with van der Waals surface area (Å²) in [6.45, 7) is 27.9. The Balaban J connectivity index is 1.50. The fourth-order valence-corrected chi connectivity index (χ4v) is 12.5. The number of esters is 2. The molecule has 2 aromatic rings. The Kier molecular flexibility index (Phi) is 26.5. The van der Waals surface area contributed by atoms with Crippen LogP contribution in [0.4, 0.5) is 4.79 Å². The molecule has 0 bridgehead atoms. The summed E-state index contributed by atoms with van der Waals surface area (Å²) in [7, 11) is 4.28. The molecule has 0 radical (unpaired) electrons. The number of ether oxygens (including phenoxy) is 11. The molecule has 5 heterocycles. The summed E-state index contributed by atoms with van der Waals surface area (Å²) in [5.41, 5.74) is 4.02. The number of hydrazine groups is 1. The van der Waals surface area contributed by atoms with Crippen molar-refractivity contribution in [2.75, 3.05) is 34.5 Å². The van der Waals surface area contributed by atoms with E-state index in [-0.39, 0.29) is 50.1 Å². The molecule has 87 heavy (non-hydrogen) atoms. The first kappa shape index (κ1) is 70.9. The van der Waals surface area contributed by atoms with Crippen LogP contribution in [0, 0.1) is 41.4 Å². The zero-order chi connectivity index (χ0) is 64.0. The zero-order valence-corrected chi connectivity index (χ0v) is 53.8. The molecule has 1 aromatic heterocycles. The molecule has 1 aromatic carbocycles. The van der Waals surface area contributed by atoms with E-state index < -0.39 is 151 Å². The van der Waals surface area contributed by atoms with Crippen LogP contribution in [0.15, 0.2) is 66.6 Å². The first-order valence-electron chi connectivity index (χ1n) is 30.7. The van der Waals surface area contributed by atoms with E-state index in [0.717, 1.165) is 11.1 Å². The van der Waals surface area contributed by atoms with Gasteiger partial charge in [0.05, 0.1) is 54.7 Å². The van der Waals surface area contributed by atoms with Crippen LogP contribution < -0.4 is 10.7 Å². The molecule has 4 saturated heterocycles. The number of hydrogen-bond acceptors (Lipinski definition) is 22. The molecule has 0 saturated carbocycles. The number of aliphatic hydroxyl groups is 2. The number of carbonyl (C=O) groups excluding carboxylic acids is 4. The Morgan fingerprint density at radius 2 is 1.51 bits per heavy atom. The van der Waals surface area contributed by atoms with Crippen molar-refractivity contribution in [2.24, 2.45) is 46.6 Å². The molecule has 4 aliphatic heterocycles. The number of aromatic nitrogens is 1. The van der Waals surface area contributed by atoms with Gasteiger partial charge in [-0.25, -0.2) is 9.80 Å². The minimum atomic E-state index is -1.99. The first-order chi connectivity index (χ1) is 41.2. The van der Waals surface area contributed by atoms with Gasteiger partial charge < -0.3 is 77.9 Å². The second-order valence-electron chi connectivity index (χ2n) is 25.0. The zero-order valence-electron chi connectivity index (χ0n) is 53.8. The normalized spacial score (nSPS) is 36.8. The highest BCUT2D eigenvalue weighted by Crippen LogP contribution is 2.41. The molecule has 22 atom stereocenters. The number of aliphatic hydroxyl groups excluding tert-OH is 2. The van der Waals surface area contributed by atoms with Crippen molar-refractivity contribution in [3.8, 4) is 0 Å². The van der Waals surface area contributed by atoms with Crippen LogP contribution in [0.2, 0.25) is 0 Å². The number of alkyl carbamates (subject to hydrolysis) is 1. The van der Waals surface area contributed by atoms with Crippen molar-refractivity contribution in [1.82, 2.24) is 20.7 Å². The number of hydrogen-bond donors (Lipinski definition) is 4. The van der Waals surface area contributed by atoms with Crippen molar-refractivity contribution in [1.29, 1.82) is 0 Å². The van der Waals surface area contributed by atoms with Gasteiger partial charge in [-0.05, 0) is 77.5 Å². The predicted molar refractivity (Wildman–Crippen MR) is 321 cm³/mol. The Bertz CT molecular complexity index is 2550. The number of ketones is 1. The quantitative estimate of drug-likeness (QED) is 0.0582. The number of rotatable bonds is 20. The molecular weight excluding hydrogens is 1130 g/mol. The van der Waals surface area contributed by atoms with E-state index in [1.54, 1.807) is 53.9 Å². The average Bonchev–Trinajstić information content (AvgIpc) is 2.82. The third-order valence-corrected chi connectivity index (χ3v) is 17.2. The number of oxime groups is 1. The number of benzene rings is 1. The number of nitrogens with one attached hydrogen (secondary N) is 2. The summed E-state index contributed by atoms with van der Waals surface area (Å²) in [5, 5.41) is 31.9. The van der Waals surface area contributed by atoms with Crippen molar-refractivity contribution in [3.05, 3.63) is 72.6 Å². The highest BCUT2D eigenvalue weighted by molar-refractivity contribution is 5.91. The molecule has 23 nitrogen and oxygen atoms in total. The summed E-state index contributed by atoms with van der Waals surface area (Å²) < 4.78 is 71.0. The molecular formula is C64H99N5O18. The number of cyclic esters (lactones) is 1. The van der Waals surface area contributed by atoms with Crippen molar-refractivity contribution < 1.29 is 86.3 Å². The van der Waals surface area contributed by atoms with E-state index in [2.05, 4.69) is 27.5 Å². The van der Waals surface area contributed by atoms with Gasteiger partial charge in [0.15, 0.2) is 30.3 Å². The summed E-state index contributed by atoms with van der Waals surface area (Å²) >= 11 is 0. The van der Waals surface area contributed by atoms with E-state index in [0.29, 0.717) is 18.7 Å². The van der Waals surface area contributed by atoms with Crippen LogP contribution in [-0.4, -0.2) is 182 Å². The lowest BCUT2D eigenvalue weighted by atomic mass is 9.74. The average molecular weight is 1230 g/mol. The second kappa shape index (κ2) is 32.5. The van der Waals surface area contributed by atoms with Gasteiger partial charge in [-0.1, -0.05) is 90.5 Å². The lowest BCUT2D eigenvalue weighted by molar-refractivity contribution is -0.305. The van der Waals surface area contributed by atoms with Gasteiger partial charge in [0, 0.05) is 94.0 Å². The summed E-state index contributed by atoms with van der Waals surface area (Å²) in [4.78, 5) is 69.3. The van der Waals surface area contributed by atoms with Crippen molar-refractivity contribution >= 4 is 35.2 Å². The number of pyridine rings is 1. The fraction of sp³-hybridized carbons (Fsp3) is 0.719. The lowest BCUT2D eigenvalue weighted by Gasteiger charge is -2.45. The number of carbonyl (C=O) groups is 4. The van der Waals surface area contributed by atoms with E-state index in [1.807, 2.05) is 89.0 Å². The SMILES string of the molecule is C=C(NN1CC(C)O[C@@H](O[C@H]2[C@H](C)[C@@H](O[C@@H]3O[C@H](C)CC(=NOC)[C@H]3O)[C@@H](C)C[C@](C)(OC(=O)NCc3ccccc3)C(=O)[C@H](C)[C@H](OC(=O)CC(C)C)[C@@H](C)C([C@@H](C)CO[C@@H]3O[C@H](C)[C@@H](O)[C@@H](OC)[C@H]3OC)OC(=O)[C@@H]2C)C[C@@H]1C)c1ccncc1. The largest absolute Gasteiger partial charge is 0.461 e. The van der Waals surface area contributed by atoms with Gasteiger partial charge >= 0.3 is 18.0 Å². The van der Waals surface area contributed by atoms with Crippen LogP contribution in [0.25, 0.3) is 5.70 Å². The minimum Gasteiger partial charge on any atom is -0.461 e. The summed E-state index contributed by atoms with van der Waals surface area (Å²) in [6, 6.07) is 12.7. The number of Topliss-reactive ketones (excluding diaryl/α,β-unsaturated/α-hetero) is 1. The van der Waals surface area contributed by atoms with Gasteiger partial charge in [-0.15, -0.1) is 0 Å². The maximum atomic E-state index is 16.0. The van der Waals surface area contributed by atoms with Crippen LogP contribution in [0.5, 0.6) is 0 Å². The Hall–Kier alpha value is -5.18. The topological polar surface area (TPSA) is 272 Å². The monoisotopic (exact) mass is 1230 g/mol. The Labute approximate surface area is 514 Å². The highest BCUT2D eigenvalue weighted by Gasteiger charge is 2.53. The van der Waals surface area contributed by atoms with Gasteiger partial charge in [0.1, 0.15) is 43.7 Å². The van der Waals surface area contributed by atoms with Crippen LogP contribution in [0.3, 0.4) is 0 Å².